The fourth-order valence-electron chi connectivity index (χ4n) is 3.56. The molecule has 1 aromatic heterocycles. The first-order chi connectivity index (χ1) is 15.4. The lowest BCUT2D eigenvalue weighted by Crippen LogP contribution is -2.37. The van der Waals surface area contributed by atoms with Gasteiger partial charge in [0, 0.05) is 29.7 Å². The lowest BCUT2D eigenvalue weighted by molar-refractivity contribution is 0.0378. The fraction of sp³-hybridized carbons (Fsp3) is 0.348. The number of morpholine rings is 1. The smallest absolute Gasteiger partial charge is 0.233 e. The molecular formula is C23H26BrN3O4S. The molecule has 2 aromatic carbocycles. The van der Waals surface area contributed by atoms with Crippen LogP contribution in [0.4, 0.5) is 5.88 Å². The number of ether oxygens (including phenoxy) is 1. The molecular weight excluding hydrogens is 494 g/mol. The summed E-state index contributed by atoms with van der Waals surface area (Å²) in [6.45, 7) is 6.80. The highest BCUT2D eigenvalue weighted by molar-refractivity contribution is 9.10. The first kappa shape index (κ1) is 23.0. The number of nitrogens with zero attached hydrogens (tertiary/aromatic N) is 2. The molecule has 32 heavy (non-hydrogen) atoms. The summed E-state index contributed by atoms with van der Waals surface area (Å²) in [7, 11) is -3.86. The third-order valence-electron chi connectivity index (χ3n) is 5.28. The SMILES string of the molecule is Cc1cccc(-c2nc(S(=O)(=O)c3ccc(Br)cc3)c(NCCCN3CCOCC3)o2)c1. The molecule has 0 saturated carbocycles. The highest BCUT2D eigenvalue weighted by Crippen LogP contribution is 2.33. The average molecular weight is 520 g/mol. The van der Waals surface area contributed by atoms with E-state index in [1.165, 1.54) is 0 Å². The summed E-state index contributed by atoms with van der Waals surface area (Å²) in [5.74, 6) is 0.450. The van der Waals surface area contributed by atoms with Crippen molar-refractivity contribution >= 4 is 31.7 Å². The molecule has 1 N–H and O–H groups in total. The Morgan fingerprint density at radius 2 is 1.88 bits per heavy atom. The van der Waals surface area contributed by atoms with Gasteiger partial charge in [-0.2, -0.15) is 4.98 Å². The van der Waals surface area contributed by atoms with Gasteiger partial charge < -0.3 is 14.5 Å². The Balaban J connectivity index is 1.59. The Hall–Kier alpha value is -2.20. The van der Waals surface area contributed by atoms with Crippen LogP contribution in [0.2, 0.25) is 0 Å². The molecule has 170 valence electrons. The molecule has 4 rings (SSSR count). The van der Waals surface area contributed by atoms with Crippen LogP contribution in [0, 0.1) is 6.92 Å². The second-order valence-electron chi connectivity index (χ2n) is 7.71. The predicted octanol–water partition coefficient (Wildman–Crippen LogP) is 4.38. The quantitative estimate of drug-likeness (QED) is 0.442. The van der Waals surface area contributed by atoms with Gasteiger partial charge >= 0.3 is 0 Å². The van der Waals surface area contributed by atoms with E-state index in [1.54, 1.807) is 24.3 Å². The molecule has 0 radical (unpaired) electrons. The van der Waals surface area contributed by atoms with Crippen LogP contribution in [-0.4, -0.2) is 57.7 Å². The predicted molar refractivity (Wildman–Crippen MR) is 127 cm³/mol. The first-order valence-corrected chi connectivity index (χ1v) is 12.8. The van der Waals surface area contributed by atoms with E-state index in [0.29, 0.717) is 6.54 Å². The molecule has 0 aliphatic carbocycles. The van der Waals surface area contributed by atoms with E-state index < -0.39 is 9.84 Å². The molecule has 0 unspecified atom stereocenters. The summed E-state index contributed by atoms with van der Waals surface area (Å²) >= 11 is 3.35. The van der Waals surface area contributed by atoms with Crippen molar-refractivity contribution in [1.82, 2.24) is 9.88 Å². The number of benzene rings is 2. The number of aryl methyl sites for hydroxylation is 1. The van der Waals surface area contributed by atoms with Gasteiger partial charge in [0.15, 0.2) is 0 Å². The van der Waals surface area contributed by atoms with Gasteiger partial charge in [-0.25, -0.2) is 8.42 Å². The van der Waals surface area contributed by atoms with Gasteiger partial charge in [0.2, 0.25) is 26.6 Å². The number of nitrogens with one attached hydrogen (secondary N) is 1. The minimum absolute atomic E-state index is 0.0947. The van der Waals surface area contributed by atoms with E-state index >= 15 is 0 Å². The highest BCUT2D eigenvalue weighted by atomic mass is 79.9. The van der Waals surface area contributed by atoms with E-state index in [2.05, 4.69) is 31.1 Å². The second kappa shape index (κ2) is 10.2. The topological polar surface area (TPSA) is 84.7 Å². The third kappa shape index (κ3) is 5.40. The van der Waals surface area contributed by atoms with Gasteiger partial charge in [-0.15, -0.1) is 0 Å². The summed E-state index contributed by atoms with van der Waals surface area (Å²) in [6, 6.07) is 14.2. The van der Waals surface area contributed by atoms with Crippen molar-refractivity contribution in [3.8, 4) is 11.5 Å². The van der Waals surface area contributed by atoms with Gasteiger partial charge in [0.25, 0.3) is 0 Å². The molecule has 9 heteroatoms. The summed E-state index contributed by atoms with van der Waals surface area (Å²) in [6.07, 6.45) is 0.845. The highest BCUT2D eigenvalue weighted by Gasteiger charge is 2.28. The van der Waals surface area contributed by atoms with Crippen LogP contribution >= 0.6 is 15.9 Å². The van der Waals surface area contributed by atoms with Gasteiger partial charge in [-0.1, -0.05) is 33.6 Å². The van der Waals surface area contributed by atoms with Gasteiger partial charge in [-0.3, -0.25) is 4.90 Å². The number of oxazole rings is 1. The maximum atomic E-state index is 13.4. The summed E-state index contributed by atoms with van der Waals surface area (Å²) in [5, 5.41) is 3.07. The van der Waals surface area contributed by atoms with Crippen molar-refractivity contribution < 1.29 is 17.6 Å². The maximum absolute atomic E-state index is 13.4. The maximum Gasteiger partial charge on any atom is 0.233 e. The van der Waals surface area contributed by atoms with Gasteiger partial charge in [-0.05, 0) is 56.3 Å². The third-order valence-corrected chi connectivity index (χ3v) is 7.49. The zero-order valence-corrected chi connectivity index (χ0v) is 20.3. The van der Waals surface area contributed by atoms with Crippen LogP contribution < -0.4 is 5.32 Å². The normalized spacial score (nSPS) is 15.1. The van der Waals surface area contributed by atoms with Crippen molar-refractivity contribution in [2.24, 2.45) is 0 Å². The molecule has 0 spiro atoms. The lowest BCUT2D eigenvalue weighted by atomic mass is 10.1. The van der Waals surface area contributed by atoms with Gasteiger partial charge in [0.1, 0.15) is 0 Å². The van der Waals surface area contributed by atoms with Crippen molar-refractivity contribution in [2.75, 3.05) is 44.7 Å². The molecule has 2 heterocycles. The number of sulfone groups is 1. The van der Waals surface area contributed by atoms with E-state index in [0.717, 1.165) is 54.9 Å². The van der Waals surface area contributed by atoms with Crippen LogP contribution in [0.15, 0.2) is 67.3 Å². The van der Waals surface area contributed by atoms with Crippen LogP contribution in [0.25, 0.3) is 11.5 Å². The Bertz CT molecular complexity index is 1160. The number of hydrogen-bond donors (Lipinski definition) is 1. The number of hydrogen-bond acceptors (Lipinski definition) is 7. The number of rotatable bonds is 8. The second-order valence-corrected chi connectivity index (χ2v) is 10.5. The minimum atomic E-state index is -3.86. The van der Waals surface area contributed by atoms with Crippen molar-refractivity contribution in [3.05, 3.63) is 58.6 Å². The van der Waals surface area contributed by atoms with E-state index in [1.807, 2.05) is 31.2 Å². The monoisotopic (exact) mass is 519 g/mol. The average Bonchev–Trinajstić information content (AvgIpc) is 3.23. The summed E-state index contributed by atoms with van der Waals surface area (Å²) in [4.78, 5) is 6.91. The molecule has 0 bridgehead atoms. The molecule has 0 amide bonds. The largest absolute Gasteiger partial charge is 0.419 e. The zero-order valence-electron chi connectivity index (χ0n) is 17.9. The Morgan fingerprint density at radius 1 is 1.12 bits per heavy atom. The number of halogens is 1. The van der Waals surface area contributed by atoms with Crippen LogP contribution in [0.5, 0.6) is 0 Å². The first-order valence-electron chi connectivity index (χ1n) is 10.6. The van der Waals surface area contributed by atoms with Crippen LogP contribution in [0.3, 0.4) is 0 Å². The number of anilines is 1. The van der Waals surface area contributed by atoms with Crippen molar-refractivity contribution in [3.63, 3.8) is 0 Å². The fourth-order valence-corrected chi connectivity index (χ4v) is 5.10. The summed E-state index contributed by atoms with van der Waals surface area (Å²) < 4.78 is 38.8. The Labute approximate surface area is 196 Å². The lowest BCUT2D eigenvalue weighted by Gasteiger charge is -2.26. The summed E-state index contributed by atoms with van der Waals surface area (Å²) in [5.41, 5.74) is 1.77. The molecule has 1 fully saturated rings. The molecule has 7 nitrogen and oxygen atoms in total. The van der Waals surface area contributed by atoms with Crippen molar-refractivity contribution in [2.45, 2.75) is 23.3 Å². The molecule has 0 atom stereocenters. The van der Waals surface area contributed by atoms with Crippen molar-refractivity contribution in [1.29, 1.82) is 0 Å². The molecule has 1 saturated heterocycles. The van der Waals surface area contributed by atoms with E-state index in [-0.39, 0.29) is 21.7 Å². The Morgan fingerprint density at radius 3 is 2.59 bits per heavy atom. The minimum Gasteiger partial charge on any atom is -0.419 e. The molecule has 3 aromatic rings. The van der Waals surface area contributed by atoms with E-state index in [9.17, 15) is 8.42 Å². The van der Waals surface area contributed by atoms with Crippen LogP contribution in [0.1, 0.15) is 12.0 Å². The Kier molecular flexibility index (Phi) is 7.30. The zero-order chi connectivity index (χ0) is 22.6. The standard InChI is InChI=1S/C23H26BrN3O4S/c1-17-4-2-5-18(16-17)21-26-23(32(28,29)20-8-6-19(24)7-9-20)22(31-21)25-10-3-11-27-12-14-30-15-13-27/h2,4-9,16,25H,3,10-15H2,1H3. The number of aromatic nitrogens is 1. The van der Waals surface area contributed by atoms with Gasteiger partial charge in [0.05, 0.1) is 18.1 Å². The molecule has 1 aliphatic rings. The van der Waals surface area contributed by atoms with Crippen LogP contribution in [-0.2, 0) is 14.6 Å². The van der Waals surface area contributed by atoms with E-state index in [4.69, 9.17) is 9.15 Å². The molecule has 1 aliphatic heterocycles.